The number of rotatable bonds is 10. The summed E-state index contributed by atoms with van der Waals surface area (Å²) in [7, 11) is 0. The normalized spacial score (nSPS) is 10.4. The molecule has 0 heterocycles. The van der Waals surface area contributed by atoms with Gasteiger partial charge in [0.05, 0.1) is 11.6 Å². The van der Waals surface area contributed by atoms with Gasteiger partial charge in [-0.15, -0.1) is 0 Å². The molecule has 0 aliphatic rings. The van der Waals surface area contributed by atoms with E-state index in [1.807, 2.05) is 0 Å². The third-order valence-corrected chi connectivity index (χ3v) is 3.69. The lowest BCUT2D eigenvalue weighted by atomic mass is 10.2. The lowest BCUT2D eigenvalue weighted by Crippen LogP contribution is -2.10. The van der Waals surface area contributed by atoms with Gasteiger partial charge in [-0.2, -0.15) is 0 Å². The van der Waals surface area contributed by atoms with Gasteiger partial charge in [-0.05, 0) is 25.0 Å². The maximum absolute atomic E-state index is 11.7. The predicted molar refractivity (Wildman–Crippen MR) is 91.0 cm³/mol. The predicted octanol–water partition coefficient (Wildman–Crippen LogP) is 5.19. The van der Waals surface area contributed by atoms with Crippen molar-refractivity contribution in [2.75, 3.05) is 6.61 Å². The van der Waals surface area contributed by atoms with E-state index in [1.54, 1.807) is 12.1 Å². The van der Waals surface area contributed by atoms with E-state index in [0.717, 1.165) is 25.7 Å². The zero-order valence-corrected chi connectivity index (χ0v) is 14.8. The first-order valence-corrected chi connectivity index (χ1v) is 8.60. The van der Waals surface area contributed by atoms with Gasteiger partial charge in [0, 0.05) is 23.9 Å². The van der Waals surface area contributed by atoms with Crippen LogP contribution in [0.25, 0.3) is 0 Å². The minimum Gasteiger partial charge on any atom is -0.466 e. The zero-order chi connectivity index (χ0) is 17.1. The second-order valence-corrected chi connectivity index (χ2v) is 6.03. The first kappa shape index (κ1) is 19.8. The molecule has 0 amide bonds. The molecular weight excluding hydrogens is 339 g/mol. The average molecular weight is 361 g/mol. The molecular formula is C17H22Cl2O4. The number of ether oxygens (including phenoxy) is 2. The SMILES string of the molecule is CCCCCCOC(=O)CCCC(=O)Oc1cc(Cl)ccc1Cl. The quantitative estimate of drug-likeness (QED) is 0.327. The van der Waals surface area contributed by atoms with Crippen LogP contribution in [-0.2, 0) is 14.3 Å². The maximum Gasteiger partial charge on any atom is 0.311 e. The molecule has 6 heteroatoms. The minimum absolute atomic E-state index is 0.119. The van der Waals surface area contributed by atoms with E-state index in [0.29, 0.717) is 23.1 Å². The lowest BCUT2D eigenvalue weighted by molar-refractivity contribution is -0.144. The molecule has 1 aromatic rings. The highest BCUT2D eigenvalue weighted by molar-refractivity contribution is 6.34. The second-order valence-electron chi connectivity index (χ2n) is 5.18. The third kappa shape index (κ3) is 8.82. The molecule has 23 heavy (non-hydrogen) atoms. The summed E-state index contributed by atoms with van der Waals surface area (Å²) >= 11 is 11.7. The van der Waals surface area contributed by atoms with Gasteiger partial charge in [0.25, 0.3) is 0 Å². The molecule has 1 rings (SSSR count). The Morgan fingerprint density at radius 3 is 2.48 bits per heavy atom. The number of esters is 2. The highest BCUT2D eigenvalue weighted by Crippen LogP contribution is 2.28. The minimum atomic E-state index is -0.454. The molecule has 0 radical (unpaired) electrons. The van der Waals surface area contributed by atoms with Crippen molar-refractivity contribution >= 4 is 35.1 Å². The summed E-state index contributed by atoms with van der Waals surface area (Å²) in [4.78, 5) is 23.2. The largest absolute Gasteiger partial charge is 0.466 e. The van der Waals surface area contributed by atoms with Crippen molar-refractivity contribution in [3.63, 3.8) is 0 Å². The van der Waals surface area contributed by atoms with Gasteiger partial charge in [-0.3, -0.25) is 9.59 Å². The van der Waals surface area contributed by atoms with Crippen molar-refractivity contribution in [1.29, 1.82) is 0 Å². The maximum atomic E-state index is 11.7. The van der Waals surface area contributed by atoms with Crippen LogP contribution in [0.3, 0.4) is 0 Å². The number of unbranched alkanes of at least 4 members (excludes halogenated alkanes) is 3. The van der Waals surface area contributed by atoms with Gasteiger partial charge in [0.2, 0.25) is 0 Å². The van der Waals surface area contributed by atoms with Crippen molar-refractivity contribution < 1.29 is 19.1 Å². The number of carbonyl (C=O) groups is 2. The summed E-state index contributed by atoms with van der Waals surface area (Å²) in [5, 5.41) is 0.748. The first-order valence-electron chi connectivity index (χ1n) is 7.84. The highest BCUT2D eigenvalue weighted by Gasteiger charge is 2.11. The molecule has 0 aromatic heterocycles. The molecule has 0 saturated carbocycles. The lowest BCUT2D eigenvalue weighted by Gasteiger charge is -2.07. The molecule has 0 atom stereocenters. The monoisotopic (exact) mass is 360 g/mol. The van der Waals surface area contributed by atoms with Gasteiger partial charge in [0.15, 0.2) is 5.75 Å². The van der Waals surface area contributed by atoms with Crippen LogP contribution in [0.1, 0.15) is 51.9 Å². The first-order chi connectivity index (χ1) is 11.0. The van der Waals surface area contributed by atoms with Gasteiger partial charge < -0.3 is 9.47 Å². The van der Waals surface area contributed by atoms with Crippen LogP contribution >= 0.6 is 23.2 Å². The number of carbonyl (C=O) groups excluding carboxylic acids is 2. The van der Waals surface area contributed by atoms with Crippen LogP contribution < -0.4 is 4.74 Å². The van der Waals surface area contributed by atoms with E-state index in [-0.39, 0.29) is 24.6 Å². The van der Waals surface area contributed by atoms with Crippen molar-refractivity contribution in [2.45, 2.75) is 51.9 Å². The number of hydrogen-bond donors (Lipinski definition) is 0. The zero-order valence-electron chi connectivity index (χ0n) is 13.3. The smallest absolute Gasteiger partial charge is 0.311 e. The molecule has 0 unspecified atom stereocenters. The Hall–Kier alpha value is -1.26. The van der Waals surface area contributed by atoms with Crippen molar-refractivity contribution in [1.82, 2.24) is 0 Å². The van der Waals surface area contributed by atoms with Crippen molar-refractivity contribution in [3.8, 4) is 5.75 Å². The van der Waals surface area contributed by atoms with Crippen LogP contribution in [-0.4, -0.2) is 18.5 Å². The molecule has 4 nitrogen and oxygen atoms in total. The molecule has 0 N–H and O–H groups in total. The topological polar surface area (TPSA) is 52.6 Å². The second kappa shape index (κ2) is 11.3. The van der Waals surface area contributed by atoms with Crippen LogP contribution in [0.15, 0.2) is 18.2 Å². The Bertz CT molecular complexity index is 517. The summed E-state index contributed by atoms with van der Waals surface area (Å²) in [6.45, 7) is 2.57. The third-order valence-electron chi connectivity index (χ3n) is 3.14. The van der Waals surface area contributed by atoms with E-state index in [9.17, 15) is 9.59 Å². The van der Waals surface area contributed by atoms with Crippen LogP contribution in [0.4, 0.5) is 0 Å². The summed E-state index contributed by atoms with van der Waals surface area (Å²) in [6.07, 6.45) is 4.94. The molecule has 128 valence electrons. The molecule has 0 bridgehead atoms. The van der Waals surface area contributed by atoms with E-state index in [2.05, 4.69) is 6.92 Å². The molecule has 1 aromatic carbocycles. The molecule has 0 spiro atoms. The van der Waals surface area contributed by atoms with E-state index in [1.165, 1.54) is 6.07 Å². The van der Waals surface area contributed by atoms with Gasteiger partial charge >= 0.3 is 11.9 Å². The number of hydrogen-bond acceptors (Lipinski definition) is 4. The van der Waals surface area contributed by atoms with Crippen molar-refractivity contribution in [3.05, 3.63) is 28.2 Å². The van der Waals surface area contributed by atoms with Gasteiger partial charge in [0.1, 0.15) is 0 Å². The molecule has 0 aliphatic carbocycles. The van der Waals surface area contributed by atoms with Crippen LogP contribution in [0, 0.1) is 0 Å². The van der Waals surface area contributed by atoms with Gasteiger partial charge in [-0.1, -0.05) is 49.4 Å². The fourth-order valence-corrected chi connectivity index (χ4v) is 2.21. The van der Waals surface area contributed by atoms with Crippen LogP contribution in [0.5, 0.6) is 5.75 Å². The average Bonchev–Trinajstić information content (AvgIpc) is 2.50. The highest BCUT2D eigenvalue weighted by atomic mass is 35.5. The Morgan fingerprint density at radius 2 is 1.74 bits per heavy atom. The Balaban J connectivity index is 2.18. The molecule has 0 aliphatic heterocycles. The summed E-state index contributed by atoms with van der Waals surface area (Å²) < 4.78 is 10.2. The van der Waals surface area contributed by atoms with E-state index in [4.69, 9.17) is 32.7 Å². The van der Waals surface area contributed by atoms with Gasteiger partial charge in [-0.25, -0.2) is 0 Å². The standard InChI is InChI=1S/C17H22Cl2O4/c1-2-3-4-5-11-22-16(20)7-6-8-17(21)23-15-12-13(18)9-10-14(15)19/h9-10,12H,2-8,11H2,1H3. The number of benzene rings is 1. The fraction of sp³-hybridized carbons (Fsp3) is 0.529. The Labute approximate surface area is 147 Å². The molecule has 0 saturated heterocycles. The fourth-order valence-electron chi connectivity index (χ4n) is 1.89. The van der Waals surface area contributed by atoms with E-state index < -0.39 is 5.97 Å². The Kier molecular flexibility index (Phi) is 9.72. The summed E-state index contributed by atoms with van der Waals surface area (Å²) in [6, 6.07) is 4.65. The Morgan fingerprint density at radius 1 is 1.00 bits per heavy atom. The molecule has 0 fully saturated rings. The van der Waals surface area contributed by atoms with Crippen molar-refractivity contribution in [2.24, 2.45) is 0 Å². The number of halogens is 2. The summed E-state index contributed by atoms with van der Waals surface area (Å²) in [5.74, 6) is -0.511. The van der Waals surface area contributed by atoms with E-state index >= 15 is 0 Å². The summed E-state index contributed by atoms with van der Waals surface area (Å²) in [5.41, 5.74) is 0. The van der Waals surface area contributed by atoms with Crippen LogP contribution in [0.2, 0.25) is 10.0 Å².